The molecule has 3 heteroatoms. The van der Waals surface area contributed by atoms with E-state index in [0.717, 1.165) is 31.2 Å². The maximum atomic E-state index is 5.42. The highest BCUT2D eigenvalue weighted by molar-refractivity contribution is 5.17. The van der Waals surface area contributed by atoms with Gasteiger partial charge >= 0.3 is 0 Å². The van der Waals surface area contributed by atoms with Crippen molar-refractivity contribution in [1.82, 2.24) is 5.32 Å². The van der Waals surface area contributed by atoms with Gasteiger partial charge < -0.3 is 14.5 Å². The van der Waals surface area contributed by atoms with Crippen molar-refractivity contribution < 1.29 is 9.15 Å². The minimum absolute atomic E-state index is 0.659. The molecule has 1 N–H and O–H groups in total. The van der Waals surface area contributed by atoms with Gasteiger partial charge in [-0.25, -0.2) is 0 Å². The van der Waals surface area contributed by atoms with Crippen LogP contribution in [0.4, 0.5) is 0 Å². The molecule has 13 heavy (non-hydrogen) atoms. The van der Waals surface area contributed by atoms with Gasteiger partial charge in [-0.3, -0.25) is 0 Å². The molecule has 1 aliphatic rings. The molecule has 0 amide bonds. The largest absolute Gasteiger partial charge is 0.469 e. The molecule has 1 aliphatic heterocycles. The average molecular weight is 181 g/mol. The molecule has 2 rings (SSSR count). The third-order valence-corrected chi connectivity index (χ3v) is 2.48. The van der Waals surface area contributed by atoms with Crippen LogP contribution >= 0.6 is 0 Å². The summed E-state index contributed by atoms with van der Waals surface area (Å²) in [4.78, 5) is 0. The van der Waals surface area contributed by atoms with Crippen LogP contribution in [-0.4, -0.2) is 20.2 Å². The van der Waals surface area contributed by atoms with E-state index in [4.69, 9.17) is 9.15 Å². The highest BCUT2D eigenvalue weighted by atomic mass is 16.5. The predicted octanol–water partition coefficient (Wildman–Crippen LogP) is 1.19. The van der Waals surface area contributed by atoms with Crippen molar-refractivity contribution in [3.8, 4) is 0 Å². The Hall–Kier alpha value is -0.800. The molecule has 0 aromatic carbocycles. The van der Waals surface area contributed by atoms with Crippen LogP contribution in [0.5, 0.6) is 0 Å². The standard InChI is InChI=1S/C10H15NO2/c1-12-7-9-2-3-13-10(9)4-8-5-11-6-8/h2-3,8,11H,4-7H2,1H3. The van der Waals surface area contributed by atoms with Crippen LogP contribution in [0.3, 0.4) is 0 Å². The second-order valence-corrected chi connectivity index (χ2v) is 3.53. The first-order valence-corrected chi connectivity index (χ1v) is 4.65. The fraction of sp³-hybridized carbons (Fsp3) is 0.600. The Morgan fingerprint density at radius 1 is 1.62 bits per heavy atom. The Kier molecular flexibility index (Phi) is 2.66. The van der Waals surface area contributed by atoms with Crippen molar-refractivity contribution in [3.63, 3.8) is 0 Å². The highest BCUT2D eigenvalue weighted by Crippen LogP contribution is 2.18. The van der Waals surface area contributed by atoms with Gasteiger partial charge in [-0.1, -0.05) is 0 Å². The molecule has 1 aromatic heterocycles. The summed E-state index contributed by atoms with van der Waals surface area (Å²) in [7, 11) is 1.71. The molecule has 0 saturated carbocycles. The maximum Gasteiger partial charge on any atom is 0.109 e. The number of furan rings is 1. The first-order chi connectivity index (χ1) is 6.40. The van der Waals surface area contributed by atoms with Gasteiger partial charge in [0.2, 0.25) is 0 Å². The second kappa shape index (κ2) is 3.94. The van der Waals surface area contributed by atoms with Gasteiger partial charge in [-0.05, 0) is 25.1 Å². The second-order valence-electron chi connectivity index (χ2n) is 3.53. The van der Waals surface area contributed by atoms with Gasteiger partial charge in [-0.2, -0.15) is 0 Å². The summed E-state index contributed by atoms with van der Waals surface area (Å²) < 4.78 is 10.5. The van der Waals surface area contributed by atoms with Crippen LogP contribution in [0.25, 0.3) is 0 Å². The quantitative estimate of drug-likeness (QED) is 0.757. The van der Waals surface area contributed by atoms with Crippen LogP contribution < -0.4 is 5.32 Å². The maximum absolute atomic E-state index is 5.42. The summed E-state index contributed by atoms with van der Waals surface area (Å²) in [6.45, 7) is 2.90. The van der Waals surface area contributed by atoms with Gasteiger partial charge in [0.25, 0.3) is 0 Å². The van der Waals surface area contributed by atoms with Gasteiger partial charge in [0.15, 0.2) is 0 Å². The molecule has 0 spiro atoms. The summed E-state index contributed by atoms with van der Waals surface area (Å²) in [6.07, 6.45) is 2.79. The van der Waals surface area contributed by atoms with E-state index < -0.39 is 0 Å². The van der Waals surface area contributed by atoms with Gasteiger partial charge in [-0.15, -0.1) is 0 Å². The van der Waals surface area contributed by atoms with Gasteiger partial charge in [0, 0.05) is 19.1 Å². The smallest absolute Gasteiger partial charge is 0.109 e. The van der Waals surface area contributed by atoms with Crippen molar-refractivity contribution in [2.75, 3.05) is 20.2 Å². The summed E-state index contributed by atoms with van der Waals surface area (Å²) in [5.74, 6) is 1.84. The molecule has 1 saturated heterocycles. The molecule has 0 bridgehead atoms. The Labute approximate surface area is 78.1 Å². The molecular formula is C10H15NO2. The number of rotatable bonds is 4. The van der Waals surface area contributed by atoms with E-state index >= 15 is 0 Å². The van der Waals surface area contributed by atoms with Crippen molar-refractivity contribution >= 4 is 0 Å². The van der Waals surface area contributed by atoms with E-state index in [1.165, 1.54) is 5.56 Å². The Balaban J connectivity index is 1.96. The van der Waals surface area contributed by atoms with Crippen LogP contribution in [0.2, 0.25) is 0 Å². The molecular weight excluding hydrogens is 166 g/mol. The number of nitrogens with one attached hydrogen (secondary N) is 1. The lowest BCUT2D eigenvalue weighted by Crippen LogP contribution is -2.43. The fourth-order valence-corrected chi connectivity index (χ4v) is 1.59. The minimum atomic E-state index is 0.659. The predicted molar refractivity (Wildman–Crippen MR) is 49.5 cm³/mol. The molecule has 3 nitrogen and oxygen atoms in total. The third kappa shape index (κ3) is 1.92. The molecule has 0 aliphatic carbocycles. The van der Waals surface area contributed by atoms with Crippen molar-refractivity contribution in [3.05, 3.63) is 23.7 Å². The lowest BCUT2D eigenvalue weighted by Gasteiger charge is -2.26. The Morgan fingerprint density at radius 2 is 2.46 bits per heavy atom. The number of hydrogen-bond acceptors (Lipinski definition) is 3. The third-order valence-electron chi connectivity index (χ3n) is 2.48. The number of methoxy groups -OCH3 is 1. The normalized spacial score (nSPS) is 17.3. The van der Waals surface area contributed by atoms with Crippen LogP contribution in [0.1, 0.15) is 11.3 Å². The molecule has 0 radical (unpaired) electrons. The van der Waals surface area contributed by atoms with Gasteiger partial charge in [0.1, 0.15) is 5.76 Å². The molecule has 0 unspecified atom stereocenters. The first-order valence-electron chi connectivity index (χ1n) is 4.65. The van der Waals surface area contributed by atoms with Crippen LogP contribution in [-0.2, 0) is 17.8 Å². The lowest BCUT2D eigenvalue weighted by atomic mass is 9.96. The van der Waals surface area contributed by atoms with E-state index in [2.05, 4.69) is 5.32 Å². The summed E-state index contributed by atoms with van der Waals surface area (Å²) in [6, 6.07) is 1.99. The molecule has 1 aromatic rings. The van der Waals surface area contributed by atoms with Crippen molar-refractivity contribution in [2.24, 2.45) is 5.92 Å². The van der Waals surface area contributed by atoms with E-state index in [-0.39, 0.29) is 0 Å². The number of hydrogen-bond donors (Lipinski definition) is 1. The Bertz CT molecular complexity index is 266. The summed E-state index contributed by atoms with van der Waals surface area (Å²) >= 11 is 0. The first kappa shape index (κ1) is 8.78. The monoisotopic (exact) mass is 181 g/mol. The fourth-order valence-electron chi connectivity index (χ4n) is 1.59. The SMILES string of the molecule is COCc1ccoc1CC1CNC1. The Morgan fingerprint density at radius 3 is 3.08 bits per heavy atom. The van der Waals surface area contributed by atoms with E-state index in [1.54, 1.807) is 13.4 Å². The lowest BCUT2D eigenvalue weighted by molar-refractivity contribution is 0.182. The highest BCUT2D eigenvalue weighted by Gasteiger charge is 2.19. The van der Waals surface area contributed by atoms with Gasteiger partial charge in [0.05, 0.1) is 12.9 Å². The molecule has 72 valence electrons. The zero-order valence-corrected chi connectivity index (χ0v) is 7.88. The van der Waals surface area contributed by atoms with Crippen LogP contribution in [0, 0.1) is 5.92 Å². The zero-order valence-electron chi connectivity index (χ0n) is 7.88. The summed E-state index contributed by atoms with van der Waals surface area (Å²) in [5.41, 5.74) is 1.19. The zero-order chi connectivity index (χ0) is 9.10. The topological polar surface area (TPSA) is 34.4 Å². The van der Waals surface area contributed by atoms with E-state index in [9.17, 15) is 0 Å². The van der Waals surface area contributed by atoms with Crippen molar-refractivity contribution in [1.29, 1.82) is 0 Å². The molecule has 0 atom stereocenters. The van der Waals surface area contributed by atoms with E-state index in [0.29, 0.717) is 6.61 Å². The van der Waals surface area contributed by atoms with Crippen LogP contribution in [0.15, 0.2) is 16.7 Å². The molecule has 2 heterocycles. The number of ether oxygens (including phenoxy) is 1. The minimum Gasteiger partial charge on any atom is -0.469 e. The van der Waals surface area contributed by atoms with E-state index in [1.807, 2.05) is 6.07 Å². The molecule has 1 fully saturated rings. The average Bonchev–Trinajstić information content (AvgIpc) is 2.46. The summed E-state index contributed by atoms with van der Waals surface area (Å²) in [5, 5.41) is 3.25. The van der Waals surface area contributed by atoms with Crippen molar-refractivity contribution in [2.45, 2.75) is 13.0 Å².